The molecule has 20 heavy (non-hydrogen) atoms. The number of rotatable bonds is 4. The monoisotopic (exact) mass is 360 g/mol. The molecule has 2 rings (SSSR count). The van der Waals surface area contributed by atoms with Crippen LogP contribution >= 0.6 is 28.3 Å². The van der Waals surface area contributed by atoms with E-state index in [1.807, 2.05) is 24.3 Å². The first-order valence-corrected chi connectivity index (χ1v) is 7.70. The first-order valence-electron chi connectivity index (χ1n) is 6.91. The third-order valence-electron chi connectivity index (χ3n) is 3.80. The smallest absolute Gasteiger partial charge is 0.224 e. The van der Waals surface area contributed by atoms with Crippen LogP contribution in [0.1, 0.15) is 26.2 Å². The van der Waals surface area contributed by atoms with Crippen LogP contribution in [0.5, 0.6) is 0 Å². The highest BCUT2D eigenvalue weighted by molar-refractivity contribution is 9.10. The first-order chi connectivity index (χ1) is 9.15. The average Bonchev–Trinajstić information content (AvgIpc) is 2.39. The standard InChI is InChI=1S/C15H21BrN2O.ClH/c1-11(12-5-7-17-8-6-12)9-15(19)18-14-4-2-3-13(16)10-14;/h2-4,10-12,17H,5-9H2,1H3,(H,18,19);1H. The lowest BCUT2D eigenvalue weighted by molar-refractivity contribution is -0.117. The summed E-state index contributed by atoms with van der Waals surface area (Å²) in [5, 5.41) is 6.33. The van der Waals surface area contributed by atoms with Gasteiger partial charge in [-0.25, -0.2) is 0 Å². The summed E-state index contributed by atoms with van der Waals surface area (Å²) in [6.07, 6.45) is 2.98. The van der Waals surface area contributed by atoms with Gasteiger partial charge in [0.05, 0.1) is 0 Å². The maximum Gasteiger partial charge on any atom is 0.224 e. The van der Waals surface area contributed by atoms with Crippen molar-refractivity contribution in [3.05, 3.63) is 28.7 Å². The van der Waals surface area contributed by atoms with Crippen LogP contribution < -0.4 is 10.6 Å². The molecule has 0 aliphatic carbocycles. The van der Waals surface area contributed by atoms with Gasteiger partial charge in [-0.05, 0) is 56.0 Å². The summed E-state index contributed by atoms with van der Waals surface area (Å²) in [7, 11) is 0. The van der Waals surface area contributed by atoms with Gasteiger partial charge in [0.2, 0.25) is 5.91 Å². The van der Waals surface area contributed by atoms with Crippen LogP contribution in [0.3, 0.4) is 0 Å². The topological polar surface area (TPSA) is 41.1 Å². The van der Waals surface area contributed by atoms with E-state index in [0.29, 0.717) is 18.3 Å². The minimum Gasteiger partial charge on any atom is -0.326 e. The van der Waals surface area contributed by atoms with Crippen molar-refractivity contribution in [3.63, 3.8) is 0 Å². The number of hydrogen-bond acceptors (Lipinski definition) is 2. The van der Waals surface area contributed by atoms with Gasteiger partial charge >= 0.3 is 0 Å². The van der Waals surface area contributed by atoms with Crippen molar-refractivity contribution >= 4 is 39.9 Å². The Morgan fingerprint density at radius 1 is 1.45 bits per heavy atom. The van der Waals surface area contributed by atoms with Gasteiger partial charge in [-0.3, -0.25) is 4.79 Å². The lowest BCUT2D eigenvalue weighted by Gasteiger charge is -2.27. The van der Waals surface area contributed by atoms with E-state index >= 15 is 0 Å². The Balaban J connectivity index is 0.00000200. The van der Waals surface area contributed by atoms with E-state index in [2.05, 4.69) is 33.5 Å². The third kappa shape index (κ3) is 5.43. The van der Waals surface area contributed by atoms with E-state index in [4.69, 9.17) is 0 Å². The van der Waals surface area contributed by atoms with Gasteiger partial charge in [0.1, 0.15) is 0 Å². The summed E-state index contributed by atoms with van der Waals surface area (Å²) < 4.78 is 0.983. The largest absolute Gasteiger partial charge is 0.326 e. The molecule has 1 saturated heterocycles. The van der Waals surface area contributed by atoms with Crippen molar-refractivity contribution in [1.29, 1.82) is 0 Å². The van der Waals surface area contributed by atoms with Crippen LogP contribution in [-0.4, -0.2) is 19.0 Å². The SMILES string of the molecule is CC(CC(=O)Nc1cccc(Br)c1)C1CCNCC1.Cl. The summed E-state index contributed by atoms with van der Waals surface area (Å²) in [6, 6.07) is 7.72. The molecule has 112 valence electrons. The molecule has 3 nitrogen and oxygen atoms in total. The normalized spacial score (nSPS) is 17.1. The van der Waals surface area contributed by atoms with Crippen molar-refractivity contribution in [2.75, 3.05) is 18.4 Å². The second-order valence-corrected chi connectivity index (χ2v) is 6.24. The average molecular weight is 362 g/mol. The number of piperidine rings is 1. The van der Waals surface area contributed by atoms with Gasteiger partial charge < -0.3 is 10.6 Å². The Bertz CT molecular complexity index is 436. The van der Waals surface area contributed by atoms with Crippen LogP contribution in [0.15, 0.2) is 28.7 Å². The van der Waals surface area contributed by atoms with Crippen molar-refractivity contribution in [2.45, 2.75) is 26.2 Å². The number of halogens is 2. The Kier molecular flexibility index (Phi) is 7.56. The Morgan fingerprint density at radius 2 is 2.15 bits per heavy atom. The van der Waals surface area contributed by atoms with Crippen LogP contribution in [0.2, 0.25) is 0 Å². The molecule has 0 spiro atoms. The van der Waals surface area contributed by atoms with Gasteiger partial charge in [0, 0.05) is 16.6 Å². The zero-order valence-corrected chi connectivity index (χ0v) is 14.1. The molecule has 1 aromatic rings. The number of hydrogen-bond donors (Lipinski definition) is 2. The van der Waals surface area contributed by atoms with Crippen molar-refractivity contribution in [1.82, 2.24) is 5.32 Å². The van der Waals surface area contributed by atoms with E-state index in [0.717, 1.165) is 23.2 Å². The second kappa shape index (κ2) is 8.65. The first kappa shape index (κ1) is 17.5. The molecule has 0 saturated carbocycles. The highest BCUT2D eigenvalue weighted by atomic mass is 79.9. The van der Waals surface area contributed by atoms with E-state index < -0.39 is 0 Å². The molecular formula is C15H22BrClN2O. The van der Waals surface area contributed by atoms with Gasteiger partial charge in [-0.2, -0.15) is 0 Å². The second-order valence-electron chi connectivity index (χ2n) is 5.33. The Hall–Kier alpha value is -0.580. The van der Waals surface area contributed by atoms with E-state index in [1.165, 1.54) is 12.8 Å². The highest BCUT2D eigenvalue weighted by Gasteiger charge is 2.21. The van der Waals surface area contributed by atoms with Crippen LogP contribution in [0.25, 0.3) is 0 Å². The minimum absolute atomic E-state index is 0. The Morgan fingerprint density at radius 3 is 2.80 bits per heavy atom. The van der Waals surface area contributed by atoms with Gasteiger partial charge in [-0.1, -0.05) is 28.9 Å². The number of benzene rings is 1. The van der Waals surface area contributed by atoms with E-state index in [9.17, 15) is 4.79 Å². The molecule has 0 radical (unpaired) electrons. The summed E-state index contributed by atoms with van der Waals surface area (Å²) in [6.45, 7) is 4.36. The maximum absolute atomic E-state index is 12.0. The predicted octanol–water partition coefficient (Wildman–Crippen LogP) is 3.84. The molecule has 0 bridgehead atoms. The molecule has 1 heterocycles. The lowest BCUT2D eigenvalue weighted by Crippen LogP contribution is -2.32. The molecule has 5 heteroatoms. The van der Waals surface area contributed by atoms with E-state index in [-0.39, 0.29) is 18.3 Å². The van der Waals surface area contributed by atoms with Crippen LogP contribution in [-0.2, 0) is 4.79 Å². The molecule has 2 N–H and O–H groups in total. The number of amides is 1. The third-order valence-corrected chi connectivity index (χ3v) is 4.30. The van der Waals surface area contributed by atoms with Gasteiger partial charge in [-0.15, -0.1) is 12.4 Å². The molecule has 1 aliphatic rings. The molecule has 1 fully saturated rings. The van der Waals surface area contributed by atoms with Gasteiger partial charge in [0.15, 0.2) is 0 Å². The fourth-order valence-corrected chi connectivity index (χ4v) is 3.05. The highest BCUT2D eigenvalue weighted by Crippen LogP contribution is 2.25. The summed E-state index contributed by atoms with van der Waals surface area (Å²) in [5.41, 5.74) is 0.858. The summed E-state index contributed by atoms with van der Waals surface area (Å²) >= 11 is 3.41. The van der Waals surface area contributed by atoms with Crippen LogP contribution in [0, 0.1) is 11.8 Å². The van der Waals surface area contributed by atoms with Crippen molar-refractivity contribution in [2.24, 2.45) is 11.8 Å². The zero-order valence-electron chi connectivity index (χ0n) is 11.7. The molecule has 0 aromatic heterocycles. The fourth-order valence-electron chi connectivity index (χ4n) is 2.65. The summed E-state index contributed by atoms with van der Waals surface area (Å²) in [4.78, 5) is 12.0. The van der Waals surface area contributed by atoms with Crippen molar-refractivity contribution < 1.29 is 4.79 Å². The molecule has 1 amide bonds. The number of carbonyl (C=O) groups excluding carboxylic acids is 1. The molecule has 1 aromatic carbocycles. The quantitative estimate of drug-likeness (QED) is 0.855. The lowest BCUT2D eigenvalue weighted by atomic mass is 9.84. The number of anilines is 1. The maximum atomic E-state index is 12.0. The number of carbonyl (C=O) groups is 1. The van der Waals surface area contributed by atoms with Gasteiger partial charge in [0.25, 0.3) is 0 Å². The Labute approximate surface area is 135 Å². The zero-order chi connectivity index (χ0) is 13.7. The van der Waals surface area contributed by atoms with E-state index in [1.54, 1.807) is 0 Å². The minimum atomic E-state index is 0. The summed E-state index contributed by atoms with van der Waals surface area (Å²) in [5.74, 6) is 1.24. The fraction of sp³-hybridized carbons (Fsp3) is 0.533. The molecule has 1 atom stereocenters. The number of nitrogens with one attached hydrogen (secondary N) is 2. The predicted molar refractivity (Wildman–Crippen MR) is 89.4 cm³/mol. The van der Waals surface area contributed by atoms with Crippen molar-refractivity contribution in [3.8, 4) is 0 Å². The van der Waals surface area contributed by atoms with Crippen LogP contribution in [0.4, 0.5) is 5.69 Å². The molecular weight excluding hydrogens is 340 g/mol. The molecule has 1 aliphatic heterocycles. The molecule has 1 unspecified atom stereocenters.